The van der Waals surface area contributed by atoms with Gasteiger partial charge in [-0.15, -0.1) is 0 Å². The highest BCUT2D eigenvalue weighted by Crippen LogP contribution is 2.41. The van der Waals surface area contributed by atoms with Crippen molar-refractivity contribution in [3.8, 4) is 11.5 Å². The number of benzene rings is 1. The van der Waals surface area contributed by atoms with E-state index in [1.54, 1.807) is 6.07 Å². The largest absolute Gasteiger partial charge is 0.490 e. The summed E-state index contributed by atoms with van der Waals surface area (Å²) in [5, 5.41) is 0. The van der Waals surface area contributed by atoms with E-state index in [2.05, 4.69) is 0 Å². The van der Waals surface area contributed by atoms with E-state index in [1.807, 2.05) is 6.92 Å². The molecule has 1 aliphatic rings. The average molecular weight is 271 g/mol. The van der Waals surface area contributed by atoms with Gasteiger partial charge in [-0.25, -0.2) is 8.78 Å². The number of rotatable bonds is 3. The molecule has 0 fully saturated rings. The van der Waals surface area contributed by atoms with Gasteiger partial charge in [-0.05, 0) is 30.2 Å². The van der Waals surface area contributed by atoms with Gasteiger partial charge in [0, 0.05) is 18.9 Å². The van der Waals surface area contributed by atoms with Gasteiger partial charge in [0.2, 0.25) is 0 Å². The quantitative estimate of drug-likeness (QED) is 0.919. The molecular weight excluding hydrogens is 252 g/mol. The summed E-state index contributed by atoms with van der Waals surface area (Å²) < 4.78 is 38.5. The molecule has 0 bridgehead atoms. The Morgan fingerprint density at radius 2 is 1.84 bits per heavy atom. The van der Waals surface area contributed by atoms with Crippen LogP contribution in [0.1, 0.15) is 37.3 Å². The smallest absolute Gasteiger partial charge is 0.270 e. The maximum atomic E-state index is 13.7. The molecule has 0 saturated carbocycles. The summed E-state index contributed by atoms with van der Waals surface area (Å²) in [5.41, 5.74) is 6.10. The van der Waals surface area contributed by atoms with Crippen molar-refractivity contribution in [3.63, 3.8) is 0 Å². The molecule has 2 N–H and O–H groups in total. The molecule has 1 aromatic carbocycles. The van der Waals surface area contributed by atoms with Crippen molar-refractivity contribution in [1.29, 1.82) is 0 Å². The summed E-state index contributed by atoms with van der Waals surface area (Å²) in [4.78, 5) is 0. The molecule has 19 heavy (non-hydrogen) atoms. The normalized spacial score (nSPS) is 16.9. The topological polar surface area (TPSA) is 44.5 Å². The van der Waals surface area contributed by atoms with E-state index < -0.39 is 5.92 Å². The van der Waals surface area contributed by atoms with Crippen molar-refractivity contribution in [1.82, 2.24) is 0 Å². The van der Waals surface area contributed by atoms with Crippen LogP contribution >= 0.6 is 0 Å². The first-order chi connectivity index (χ1) is 8.93. The minimum absolute atomic E-state index is 0.0327. The van der Waals surface area contributed by atoms with Crippen LogP contribution in [0.15, 0.2) is 12.1 Å². The van der Waals surface area contributed by atoms with Gasteiger partial charge in [0.15, 0.2) is 11.5 Å². The molecule has 1 unspecified atom stereocenters. The summed E-state index contributed by atoms with van der Waals surface area (Å²) in [5.74, 6) is -2.16. The highest BCUT2D eigenvalue weighted by molar-refractivity contribution is 5.50. The number of hydrogen-bond donors (Lipinski definition) is 1. The van der Waals surface area contributed by atoms with Crippen LogP contribution in [0, 0.1) is 0 Å². The average Bonchev–Trinajstić information content (AvgIpc) is 2.59. The summed E-state index contributed by atoms with van der Waals surface area (Å²) in [6.07, 6.45) is 0.744. The third kappa shape index (κ3) is 2.97. The molecule has 1 aromatic rings. The van der Waals surface area contributed by atoms with Crippen LogP contribution in [-0.4, -0.2) is 19.8 Å². The van der Waals surface area contributed by atoms with Crippen LogP contribution in [0.25, 0.3) is 0 Å². The first kappa shape index (κ1) is 14.1. The van der Waals surface area contributed by atoms with Crippen LogP contribution in [0.5, 0.6) is 11.5 Å². The number of ether oxygens (including phenoxy) is 2. The van der Waals surface area contributed by atoms with E-state index in [9.17, 15) is 8.78 Å². The molecule has 0 aromatic heterocycles. The standard InChI is InChI=1S/C14H19F2NO2/c1-9(8-17)10-6-12-13(19-5-3-4-18-12)7-11(10)14(2,15)16/h6-7,9H,3-5,8,17H2,1-2H3. The van der Waals surface area contributed by atoms with Gasteiger partial charge in [0.1, 0.15) is 0 Å². The van der Waals surface area contributed by atoms with Crippen molar-refractivity contribution in [2.24, 2.45) is 5.73 Å². The molecule has 5 heteroatoms. The first-order valence-corrected chi connectivity index (χ1v) is 6.45. The third-order valence-electron chi connectivity index (χ3n) is 3.28. The predicted octanol–water partition coefficient (Wildman–Crippen LogP) is 3.02. The van der Waals surface area contributed by atoms with Crippen molar-refractivity contribution < 1.29 is 18.3 Å². The molecule has 1 heterocycles. The SMILES string of the molecule is CC(CN)c1cc2c(cc1C(C)(F)F)OCCCO2. The summed E-state index contributed by atoms with van der Waals surface area (Å²) in [6.45, 7) is 4.04. The number of hydrogen-bond acceptors (Lipinski definition) is 3. The summed E-state index contributed by atoms with van der Waals surface area (Å²) in [7, 11) is 0. The number of alkyl halides is 2. The fourth-order valence-corrected chi connectivity index (χ4v) is 2.14. The third-order valence-corrected chi connectivity index (χ3v) is 3.28. The highest BCUT2D eigenvalue weighted by Gasteiger charge is 2.31. The van der Waals surface area contributed by atoms with Crippen molar-refractivity contribution in [2.75, 3.05) is 19.8 Å². The lowest BCUT2D eigenvalue weighted by Gasteiger charge is -2.22. The second kappa shape index (κ2) is 5.33. The minimum atomic E-state index is -2.93. The lowest BCUT2D eigenvalue weighted by molar-refractivity contribution is 0.0160. The predicted molar refractivity (Wildman–Crippen MR) is 69.1 cm³/mol. The van der Waals surface area contributed by atoms with Crippen molar-refractivity contribution in [3.05, 3.63) is 23.3 Å². The van der Waals surface area contributed by atoms with Crippen LogP contribution in [0.4, 0.5) is 8.78 Å². The lowest BCUT2D eigenvalue weighted by Crippen LogP contribution is -2.17. The van der Waals surface area contributed by atoms with Crippen LogP contribution in [0.3, 0.4) is 0 Å². The Labute approximate surface area is 111 Å². The fourth-order valence-electron chi connectivity index (χ4n) is 2.14. The minimum Gasteiger partial charge on any atom is -0.490 e. The zero-order valence-corrected chi connectivity index (χ0v) is 11.2. The van der Waals surface area contributed by atoms with Gasteiger partial charge >= 0.3 is 0 Å². The van der Waals surface area contributed by atoms with Crippen molar-refractivity contribution in [2.45, 2.75) is 32.1 Å². The fraction of sp³-hybridized carbons (Fsp3) is 0.571. The van der Waals surface area contributed by atoms with Gasteiger partial charge in [0.25, 0.3) is 5.92 Å². The van der Waals surface area contributed by atoms with Gasteiger partial charge in [-0.2, -0.15) is 0 Å². The second-order valence-corrected chi connectivity index (χ2v) is 4.96. The molecule has 1 aliphatic heterocycles. The maximum absolute atomic E-state index is 13.7. The lowest BCUT2D eigenvalue weighted by atomic mass is 9.92. The molecule has 1 atom stereocenters. The molecule has 3 nitrogen and oxygen atoms in total. The number of halogens is 2. The van der Waals surface area contributed by atoms with E-state index in [0.717, 1.165) is 13.3 Å². The first-order valence-electron chi connectivity index (χ1n) is 6.45. The molecule has 0 radical (unpaired) electrons. The monoisotopic (exact) mass is 271 g/mol. The van der Waals surface area contributed by atoms with Gasteiger partial charge in [0.05, 0.1) is 13.2 Å². The van der Waals surface area contributed by atoms with Gasteiger partial charge in [-0.3, -0.25) is 0 Å². The maximum Gasteiger partial charge on any atom is 0.270 e. The zero-order chi connectivity index (χ0) is 14.0. The molecule has 0 aliphatic carbocycles. The molecule has 106 valence electrons. The van der Waals surface area contributed by atoms with E-state index in [-0.39, 0.29) is 11.5 Å². The van der Waals surface area contributed by atoms with E-state index >= 15 is 0 Å². The zero-order valence-electron chi connectivity index (χ0n) is 11.2. The second-order valence-electron chi connectivity index (χ2n) is 4.96. The Morgan fingerprint density at radius 1 is 1.26 bits per heavy atom. The molecule has 2 rings (SSSR count). The van der Waals surface area contributed by atoms with E-state index in [4.69, 9.17) is 15.2 Å². The van der Waals surface area contributed by atoms with Gasteiger partial charge < -0.3 is 15.2 Å². The molecule has 0 amide bonds. The molecule has 0 spiro atoms. The highest BCUT2D eigenvalue weighted by atomic mass is 19.3. The van der Waals surface area contributed by atoms with Gasteiger partial charge in [-0.1, -0.05) is 6.92 Å². The van der Waals surface area contributed by atoms with Crippen molar-refractivity contribution >= 4 is 0 Å². The molecule has 0 saturated heterocycles. The summed E-state index contributed by atoms with van der Waals surface area (Å²) >= 11 is 0. The van der Waals surface area contributed by atoms with Crippen LogP contribution < -0.4 is 15.2 Å². The Kier molecular flexibility index (Phi) is 3.94. The summed E-state index contributed by atoms with van der Waals surface area (Å²) in [6, 6.07) is 3.03. The Bertz CT molecular complexity index is 457. The van der Waals surface area contributed by atoms with E-state index in [0.29, 0.717) is 36.8 Å². The number of nitrogens with two attached hydrogens (primary N) is 1. The van der Waals surface area contributed by atoms with Crippen LogP contribution in [-0.2, 0) is 5.92 Å². The Balaban J connectivity index is 2.54. The Hall–Kier alpha value is -1.36. The molecular formula is C14H19F2NO2. The van der Waals surface area contributed by atoms with Crippen LogP contribution in [0.2, 0.25) is 0 Å². The Morgan fingerprint density at radius 3 is 2.37 bits per heavy atom. The number of fused-ring (bicyclic) bond motifs is 1. The van der Waals surface area contributed by atoms with E-state index in [1.165, 1.54) is 6.07 Å².